The van der Waals surface area contributed by atoms with Crippen molar-refractivity contribution < 1.29 is 23.5 Å². The summed E-state index contributed by atoms with van der Waals surface area (Å²) in [4.78, 5) is 29.7. The minimum absolute atomic E-state index is 0.00839. The number of carbonyl (C=O) groups is 2. The third-order valence-corrected chi connectivity index (χ3v) is 6.64. The molecule has 5 rings (SSSR count). The van der Waals surface area contributed by atoms with Gasteiger partial charge in [-0.15, -0.1) is 0 Å². The van der Waals surface area contributed by atoms with Gasteiger partial charge in [-0.25, -0.2) is 25.0 Å². The van der Waals surface area contributed by atoms with E-state index < -0.39 is 23.4 Å². The fourth-order valence-corrected chi connectivity index (χ4v) is 5.91. The Hall–Kier alpha value is -2.25. The summed E-state index contributed by atoms with van der Waals surface area (Å²) in [5, 5.41) is 1.08. The molecule has 0 atom stereocenters. The second-order valence-corrected chi connectivity index (χ2v) is 11.8. The maximum Gasteiger partial charge on any atom is 0.429 e. The van der Waals surface area contributed by atoms with Crippen LogP contribution in [0.4, 0.5) is 9.59 Å². The van der Waals surface area contributed by atoms with E-state index in [1.165, 1.54) is 32.1 Å². The van der Waals surface area contributed by atoms with E-state index in [4.69, 9.17) is 13.9 Å². The molecule has 0 aromatic carbocycles. The summed E-state index contributed by atoms with van der Waals surface area (Å²) >= 11 is 0. The maximum atomic E-state index is 12.7. The van der Waals surface area contributed by atoms with E-state index in [0.29, 0.717) is 23.5 Å². The van der Waals surface area contributed by atoms with Crippen LogP contribution in [0.2, 0.25) is 0 Å². The minimum atomic E-state index is -0.732. The van der Waals surface area contributed by atoms with E-state index in [1.807, 2.05) is 0 Å². The fourth-order valence-electron chi connectivity index (χ4n) is 5.91. The Labute approximate surface area is 190 Å². The third kappa shape index (κ3) is 5.38. The molecule has 0 saturated heterocycles. The number of carbonyl (C=O) groups excluding carboxylic acids is 2. The minimum Gasteiger partial charge on any atom is -0.443 e. The van der Waals surface area contributed by atoms with Crippen molar-refractivity contribution in [2.45, 2.75) is 97.3 Å². The topological polar surface area (TPSA) is 93.9 Å². The Kier molecular flexibility index (Phi) is 5.92. The fraction of sp³-hybridized carbons (Fsp3) is 0.792. The number of rotatable bonds is 3. The van der Waals surface area contributed by atoms with Crippen LogP contribution < -0.4 is 5.43 Å². The van der Waals surface area contributed by atoms with Crippen LogP contribution >= 0.6 is 0 Å². The van der Waals surface area contributed by atoms with Gasteiger partial charge in [0.25, 0.3) is 0 Å². The lowest BCUT2D eigenvalue weighted by atomic mass is 9.52. The van der Waals surface area contributed by atoms with E-state index in [2.05, 4.69) is 10.4 Å². The van der Waals surface area contributed by atoms with E-state index in [9.17, 15) is 9.59 Å². The Balaban J connectivity index is 1.46. The second-order valence-electron chi connectivity index (χ2n) is 11.8. The predicted octanol–water partition coefficient (Wildman–Crippen LogP) is 5.39. The number of hydrogen-bond acceptors (Lipinski definition) is 6. The van der Waals surface area contributed by atoms with E-state index in [-0.39, 0.29) is 6.54 Å². The molecule has 1 N–H and O–H groups in total. The van der Waals surface area contributed by atoms with Gasteiger partial charge in [0.1, 0.15) is 23.5 Å². The molecule has 4 aliphatic carbocycles. The smallest absolute Gasteiger partial charge is 0.429 e. The van der Waals surface area contributed by atoms with Gasteiger partial charge in [0, 0.05) is 5.92 Å². The molecule has 8 nitrogen and oxygen atoms in total. The van der Waals surface area contributed by atoms with Gasteiger partial charge in [-0.2, -0.15) is 0 Å². The number of ether oxygens (including phenoxy) is 2. The largest absolute Gasteiger partial charge is 0.443 e. The van der Waals surface area contributed by atoms with Crippen molar-refractivity contribution in [1.82, 2.24) is 15.4 Å². The first-order valence-electron chi connectivity index (χ1n) is 11.8. The Bertz CT molecular complexity index is 823. The predicted molar refractivity (Wildman–Crippen MR) is 117 cm³/mol. The van der Waals surface area contributed by atoms with Gasteiger partial charge < -0.3 is 13.9 Å². The van der Waals surface area contributed by atoms with E-state index >= 15 is 0 Å². The molecule has 32 heavy (non-hydrogen) atoms. The molecule has 2 amide bonds. The molecule has 1 aromatic rings. The van der Waals surface area contributed by atoms with Crippen molar-refractivity contribution in [3.63, 3.8) is 0 Å². The van der Waals surface area contributed by atoms with Gasteiger partial charge >= 0.3 is 12.2 Å². The monoisotopic (exact) mass is 447 g/mol. The SMILES string of the molecule is CC(C)(C)OC(=O)NN(Cc1cnc(C2C3CC4CC(C3)CC2C4)o1)C(=O)OC(C)(C)C. The number of oxazole rings is 1. The second kappa shape index (κ2) is 8.27. The highest BCUT2D eigenvalue weighted by molar-refractivity contribution is 5.74. The number of aromatic nitrogens is 1. The molecule has 0 aliphatic heterocycles. The molecule has 0 unspecified atom stereocenters. The van der Waals surface area contributed by atoms with Gasteiger partial charge in [-0.05, 0) is 97.3 Å². The highest BCUT2D eigenvalue weighted by Gasteiger charge is 2.50. The average Bonchev–Trinajstić information content (AvgIpc) is 3.05. The van der Waals surface area contributed by atoms with Crippen molar-refractivity contribution >= 4 is 12.2 Å². The van der Waals surface area contributed by atoms with Crippen LogP contribution in [-0.4, -0.2) is 33.4 Å². The van der Waals surface area contributed by atoms with Gasteiger partial charge in [0.2, 0.25) is 0 Å². The van der Waals surface area contributed by atoms with Crippen LogP contribution in [-0.2, 0) is 16.0 Å². The molecule has 1 aromatic heterocycles. The normalized spacial score (nSPS) is 29.0. The zero-order chi connectivity index (χ0) is 23.3. The molecule has 1 heterocycles. The van der Waals surface area contributed by atoms with Crippen molar-refractivity contribution in [3.8, 4) is 0 Å². The molecular weight excluding hydrogens is 410 g/mol. The summed E-state index contributed by atoms with van der Waals surface area (Å²) in [5.41, 5.74) is 1.09. The van der Waals surface area contributed by atoms with Crippen LogP contribution in [0.3, 0.4) is 0 Å². The van der Waals surface area contributed by atoms with Gasteiger partial charge in [-0.3, -0.25) is 0 Å². The highest BCUT2D eigenvalue weighted by Crippen LogP contribution is 2.59. The van der Waals surface area contributed by atoms with Crippen molar-refractivity contribution in [3.05, 3.63) is 17.8 Å². The zero-order valence-corrected chi connectivity index (χ0v) is 20.1. The summed E-state index contributed by atoms with van der Waals surface area (Å²) in [5.74, 6) is 4.71. The Morgan fingerprint density at radius 1 is 1.00 bits per heavy atom. The molecule has 0 spiro atoms. The number of amides is 2. The summed E-state index contributed by atoms with van der Waals surface area (Å²) in [6, 6.07) is 0. The van der Waals surface area contributed by atoms with E-state index in [0.717, 1.165) is 22.7 Å². The molecule has 0 radical (unpaired) electrons. The number of hydrazine groups is 1. The lowest BCUT2D eigenvalue weighted by Crippen LogP contribution is -2.49. The van der Waals surface area contributed by atoms with Gasteiger partial charge in [0.05, 0.1) is 6.20 Å². The first-order chi connectivity index (χ1) is 14.9. The molecular formula is C24H37N3O5. The molecule has 178 valence electrons. The summed E-state index contributed by atoms with van der Waals surface area (Å²) in [6.45, 7) is 10.6. The van der Waals surface area contributed by atoms with Crippen LogP contribution in [0, 0.1) is 23.7 Å². The molecule has 4 saturated carbocycles. The summed E-state index contributed by atoms with van der Waals surface area (Å²) < 4.78 is 16.9. The van der Waals surface area contributed by atoms with Gasteiger partial charge in [-0.1, -0.05) is 0 Å². The van der Waals surface area contributed by atoms with E-state index in [1.54, 1.807) is 47.7 Å². The lowest BCUT2D eigenvalue weighted by molar-refractivity contribution is -0.0131. The lowest BCUT2D eigenvalue weighted by Gasteiger charge is -2.53. The third-order valence-electron chi connectivity index (χ3n) is 6.64. The first kappa shape index (κ1) is 22.9. The quantitative estimate of drug-likeness (QED) is 0.624. The number of hydrogen-bond donors (Lipinski definition) is 1. The van der Waals surface area contributed by atoms with Crippen molar-refractivity contribution in [2.75, 3.05) is 0 Å². The number of nitrogens with one attached hydrogen (secondary N) is 1. The molecule has 4 fully saturated rings. The number of nitrogens with zero attached hydrogens (tertiary/aromatic N) is 2. The van der Waals surface area contributed by atoms with Crippen LogP contribution in [0.15, 0.2) is 10.6 Å². The molecule has 4 aliphatic rings. The molecule has 8 heteroatoms. The summed E-state index contributed by atoms with van der Waals surface area (Å²) in [7, 11) is 0. The van der Waals surface area contributed by atoms with Gasteiger partial charge in [0.15, 0.2) is 5.89 Å². The maximum absolute atomic E-state index is 12.7. The Morgan fingerprint density at radius 3 is 2.09 bits per heavy atom. The average molecular weight is 448 g/mol. The van der Waals surface area contributed by atoms with Crippen molar-refractivity contribution in [1.29, 1.82) is 0 Å². The van der Waals surface area contributed by atoms with Crippen LogP contribution in [0.5, 0.6) is 0 Å². The standard InChI is InChI=1S/C24H37N3O5/c1-23(2,3)31-21(28)26-27(22(29)32-24(4,5)6)13-18-12-25-20(30-18)19-16-8-14-7-15(10-16)11-17(19)9-14/h12,14-17,19H,7-11,13H2,1-6H3,(H,26,28). The van der Waals surface area contributed by atoms with Crippen LogP contribution in [0.1, 0.15) is 91.2 Å². The highest BCUT2D eigenvalue weighted by atomic mass is 16.6. The van der Waals surface area contributed by atoms with Crippen molar-refractivity contribution in [2.24, 2.45) is 23.7 Å². The van der Waals surface area contributed by atoms with Crippen LogP contribution in [0.25, 0.3) is 0 Å². The zero-order valence-electron chi connectivity index (χ0n) is 20.1. The summed E-state index contributed by atoms with van der Waals surface area (Å²) in [6.07, 6.45) is 6.75. The first-order valence-corrected chi connectivity index (χ1v) is 11.8. The molecule has 4 bridgehead atoms. The Morgan fingerprint density at radius 2 is 1.56 bits per heavy atom.